The van der Waals surface area contributed by atoms with E-state index >= 15 is 0 Å². The Morgan fingerprint density at radius 3 is 2.03 bits per heavy atom. The van der Waals surface area contributed by atoms with Gasteiger partial charge >= 0.3 is 0 Å². The number of hydrogen-bond donors (Lipinski definition) is 1. The van der Waals surface area contributed by atoms with Crippen LogP contribution in [0.3, 0.4) is 0 Å². The average Bonchev–Trinajstić information content (AvgIpc) is 3.51. The second-order valence-electron chi connectivity index (χ2n) is 8.22. The molecule has 1 N–H and O–H groups in total. The molecule has 1 amide bonds. The highest BCUT2D eigenvalue weighted by atomic mass is 35.7. The molecule has 3 aromatic carbocycles. The first-order valence-corrected chi connectivity index (χ1v) is 12.1. The van der Waals surface area contributed by atoms with Gasteiger partial charge in [0.1, 0.15) is 17.3 Å². The third-order valence-electron chi connectivity index (χ3n) is 5.88. The van der Waals surface area contributed by atoms with Crippen LogP contribution in [0.4, 0.5) is 22.0 Å². The number of nitrogens with one attached hydrogen (secondary N) is 1. The smallest absolute Gasteiger partial charge is 0.265 e. The van der Waals surface area contributed by atoms with Crippen molar-refractivity contribution in [2.24, 2.45) is 0 Å². The Bertz CT molecular complexity index is 1480. The van der Waals surface area contributed by atoms with Gasteiger partial charge < -0.3 is 5.32 Å². The summed E-state index contributed by atoms with van der Waals surface area (Å²) in [6, 6.07) is 15.1. The van der Waals surface area contributed by atoms with Crippen LogP contribution in [-0.2, 0) is 6.42 Å². The molecule has 0 unspecified atom stereocenters. The molecular formula is C24H16ClF5N4O5. The number of fused-ring (bicyclic) bond motifs is 1. The third-order valence-corrected chi connectivity index (χ3v) is 5.88. The first-order valence-electron chi connectivity index (χ1n) is 10.9. The Kier molecular flexibility index (Phi) is 7.94. The van der Waals surface area contributed by atoms with Crippen LogP contribution in [0, 0.1) is 39.3 Å². The number of aromatic nitrogens is 3. The van der Waals surface area contributed by atoms with E-state index in [9.17, 15) is 26.7 Å². The molecule has 0 aliphatic heterocycles. The Balaban J connectivity index is 0.000000648. The summed E-state index contributed by atoms with van der Waals surface area (Å²) in [5, 5.41) is 6.80. The zero-order valence-electron chi connectivity index (χ0n) is 19.4. The molecule has 204 valence electrons. The average molecular weight is 571 g/mol. The molecule has 0 radical (unpaired) electrons. The Morgan fingerprint density at radius 2 is 1.41 bits per heavy atom. The molecule has 5 rings (SSSR count). The maximum absolute atomic E-state index is 14.2. The predicted octanol–water partition coefficient (Wildman–Crippen LogP) is -0.632. The topological polar surface area (TPSA) is 143 Å². The summed E-state index contributed by atoms with van der Waals surface area (Å²) >= 11 is 0. The van der Waals surface area contributed by atoms with Crippen LogP contribution in [0.2, 0.25) is 0 Å². The Hall–Kier alpha value is -3.95. The van der Waals surface area contributed by atoms with Crippen molar-refractivity contribution in [3.8, 4) is 5.69 Å². The summed E-state index contributed by atoms with van der Waals surface area (Å²) in [5.41, 5.74) is 0.808. The van der Waals surface area contributed by atoms with E-state index in [0.717, 1.165) is 11.3 Å². The maximum atomic E-state index is 14.2. The lowest BCUT2D eigenvalue weighted by atomic mass is 10.1. The lowest BCUT2D eigenvalue weighted by Crippen LogP contribution is -2.68. The zero-order valence-corrected chi connectivity index (χ0v) is 20.1. The number of carbonyl (C=O) groups is 1. The van der Waals surface area contributed by atoms with Gasteiger partial charge in [-0.15, -0.1) is 10.2 Å². The van der Waals surface area contributed by atoms with Crippen molar-refractivity contribution in [2.45, 2.75) is 18.5 Å². The highest BCUT2D eigenvalue weighted by Gasteiger charge is 2.39. The van der Waals surface area contributed by atoms with Crippen LogP contribution >= 0.6 is 0 Å². The van der Waals surface area contributed by atoms with E-state index in [1.54, 1.807) is 34.0 Å². The van der Waals surface area contributed by atoms with Gasteiger partial charge in [-0.05, 0) is 23.3 Å². The van der Waals surface area contributed by atoms with Crippen molar-refractivity contribution in [2.75, 3.05) is 0 Å². The van der Waals surface area contributed by atoms with Gasteiger partial charge in [0, 0.05) is 11.5 Å². The van der Waals surface area contributed by atoms with Gasteiger partial charge in [0.05, 0.1) is 6.04 Å². The second kappa shape index (κ2) is 11.0. The van der Waals surface area contributed by atoms with Gasteiger partial charge in [-0.2, -0.15) is 0 Å². The van der Waals surface area contributed by atoms with Crippen molar-refractivity contribution >= 4 is 5.91 Å². The molecule has 4 aromatic rings. The molecule has 1 heterocycles. The van der Waals surface area contributed by atoms with Gasteiger partial charge in [-0.25, -0.2) is 45.2 Å². The number of carbonyl (C=O) groups excluding carboxylic acids is 1. The van der Waals surface area contributed by atoms with Crippen molar-refractivity contribution in [3.05, 3.63) is 113 Å². The first-order chi connectivity index (χ1) is 18.4. The van der Waals surface area contributed by atoms with E-state index in [4.69, 9.17) is 18.6 Å². The molecule has 0 fully saturated rings. The predicted molar refractivity (Wildman–Crippen MR) is 109 cm³/mol. The molecule has 0 saturated carbocycles. The number of rotatable bonds is 4. The molecule has 0 spiro atoms. The van der Waals surface area contributed by atoms with Crippen LogP contribution in [0.25, 0.3) is 5.69 Å². The van der Waals surface area contributed by atoms with Crippen LogP contribution in [0.15, 0.2) is 67.3 Å². The van der Waals surface area contributed by atoms with Crippen molar-refractivity contribution < 1.29 is 60.2 Å². The van der Waals surface area contributed by atoms with Gasteiger partial charge in [-0.3, -0.25) is 4.79 Å². The fraction of sp³-hybridized carbons (Fsp3) is 0.125. The van der Waals surface area contributed by atoms with Crippen LogP contribution < -0.4 is 28.5 Å². The van der Waals surface area contributed by atoms with Crippen LogP contribution in [0.1, 0.15) is 33.6 Å². The lowest BCUT2D eigenvalue weighted by molar-refractivity contribution is -2.00. The number of hydrogen-bond acceptors (Lipinski definition) is 6. The van der Waals surface area contributed by atoms with Gasteiger partial charge in [0.2, 0.25) is 12.1 Å². The molecule has 1 aliphatic carbocycles. The Labute approximate surface area is 218 Å². The number of halogens is 6. The van der Waals surface area contributed by atoms with Crippen molar-refractivity contribution in [1.29, 1.82) is 0 Å². The minimum absolute atomic E-state index is 0.448. The molecule has 9 nitrogen and oxygen atoms in total. The number of para-hydroxylation sites is 1. The summed E-state index contributed by atoms with van der Waals surface area (Å²) < 4.78 is 107. The highest BCUT2D eigenvalue weighted by Crippen LogP contribution is 2.37. The molecule has 1 aliphatic rings. The molecule has 15 heteroatoms. The largest absolute Gasteiger partial charge is 0.341 e. The van der Waals surface area contributed by atoms with E-state index in [1.807, 2.05) is 42.5 Å². The van der Waals surface area contributed by atoms with Crippen molar-refractivity contribution in [1.82, 2.24) is 15.1 Å². The fourth-order valence-electron chi connectivity index (χ4n) is 4.23. The standard InChI is InChI=1S/C24H15F5N4O.ClHO4/c25-18-17(19(26)21(28)22(29)20(18)27)24(34)31-23-15-9-5-4-6-13(15)10-16(23)32-11-30-33(12-32)14-7-2-1-3-8-14;2-1(3,4)5/h1-9,11-12,16,23H,10H2;(H,2,3,4,5)/t16-,23-;/m1./s1. The zero-order chi connectivity index (χ0) is 28.5. The molecule has 0 saturated heterocycles. The van der Waals surface area contributed by atoms with E-state index in [0.29, 0.717) is 12.0 Å². The SMILES string of the molecule is O=C(N[C@@H]1c2ccccc2C[C@H]1[n+]1cnn(-c2ccccc2)c1)c1c(F)c(F)c(F)c(F)c1F.[O-][Cl+3]([O-])([O-])[O-]. The quantitative estimate of drug-likeness (QED) is 0.150. The third kappa shape index (κ3) is 6.05. The van der Waals surface area contributed by atoms with Gasteiger partial charge in [0.25, 0.3) is 12.2 Å². The van der Waals surface area contributed by atoms with Crippen LogP contribution in [0.5, 0.6) is 0 Å². The normalized spacial score (nSPS) is 16.3. The summed E-state index contributed by atoms with van der Waals surface area (Å²) in [4.78, 5) is 12.8. The van der Waals surface area contributed by atoms with Crippen LogP contribution in [-0.4, -0.2) is 15.7 Å². The number of amides is 1. The molecular weight excluding hydrogens is 555 g/mol. The van der Waals surface area contributed by atoms with Crippen molar-refractivity contribution in [3.63, 3.8) is 0 Å². The van der Waals surface area contributed by atoms with E-state index in [-0.39, 0.29) is 0 Å². The monoisotopic (exact) mass is 570 g/mol. The highest BCUT2D eigenvalue weighted by molar-refractivity contribution is 5.95. The molecule has 39 heavy (non-hydrogen) atoms. The Morgan fingerprint density at radius 1 is 0.872 bits per heavy atom. The van der Waals surface area contributed by atoms with E-state index in [2.05, 4.69) is 10.4 Å². The summed E-state index contributed by atoms with van der Waals surface area (Å²) in [7, 11) is -4.94. The molecule has 0 bridgehead atoms. The maximum Gasteiger partial charge on any atom is 0.265 e. The molecule has 2 atom stereocenters. The van der Waals surface area contributed by atoms with Gasteiger partial charge in [0.15, 0.2) is 23.3 Å². The van der Waals surface area contributed by atoms with Gasteiger partial charge in [-0.1, -0.05) is 47.1 Å². The minimum Gasteiger partial charge on any atom is -0.341 e. The molecule has 1 aromatic heterocycles. The summed E-state index contributed by atoms with van der Waals surface area (Å²) in [5.74, 6) is -12.4. The number of benzene rings is 3. The summed E-state index contributed by atoms with van der Waals surface area (Å²) in [6.07, 6.45) is 3.69. The summed E-state index contributed by atoms with van der Waals surface area (Å²) in [6.45, 7) is 0. The van der Waals surface area contributed by atoms with E-state index in [1.165, 1.54) is 0 Å². The lowest BCUT2D eigenvalue weighted by Gasteiger charge is -2.20. The fourth-order valence-corrected chi connectivity index (χ4v) is 4.23. The first kappa shape index (κ1) is 28.1. The van der Waals surface area contributed by atoms with E-state index < -0.39 is 62.9 Å². The second-order valence-corrected chi connectivity index (χ2v) is 8.97. The number of nitrogens with zero attached hydrogens (tertiary/aromatic N) is 3. The minimum atomic E-state index is -4.94.